The summed E-state index contributed by atoms with van der Waals surface area (Å²) in [6, 6.07) is 3.97. The van der Waals surface area contributed by atoms with E-state index in [1.54, 1.807) is 0 Å². The summed E-state index contributed by atoms with van der Waals surface area (Å²) in [5.41, 5.74) is -0.114. The number of amides is 1. The molecule has 0 heterocycles. The third-order valence-electron chi connectivity index (χ3n) is 2.24. The van der Waals surface area contributed by atoms with Gasteiger partial charge in [-0.2, -0.15) is 0 Å². The van der Waals surface area contributed by atoms with Crippen LogP contribution in [0.25, 0.3) is 0 Å². The minimum absolute atomic E-state index is 0.0184. The Kier molecular flexibility index (Phi) is 5.54. The van der Waals surface area contributed by atoms with Crippen molar-refractivity contribution < 1.29 is 14.8 Å². The Morgan fingerprint density at radius 3 is 2.78 bits per heavy atom. The molecule has 0 aromatic heterocycles. The number of hydrogen-bond donors (Lipinski definition) is 2. The van der Waals surface area contributed by atoms with Gasteiger partial charge in [0.05, 0.1) is 4.92 Å². The van der Waals surface area contributed by atoms with E-state index >= 15 is 0 Å². The Hall–Kier alpha value is -1.66. The maximum absolute atomic E-state index is 11.5. The van der Waals surface area contributed by atoms with Gasteiger partial charge in [0.15, 0.2) is 0 Å². The highest BCUT2D eigenvalue weighted by atomic mass is 35.5. The molecule has 0 bridgehead atoms. The lowest BCUT2D eigenvalue weighted by Crippen LogP contribution is -2.12. The number of rotatable bonds is 6. The molecular weight excluding hydrogens is 260 g/mol. The first kappa shape index (κ1) is 14.4. The van der Waals surface area contributed by atoms with E-state index < -0.39 is 4.92 Å². The molecule has 2 N–H and O–H groups in total. The Bertz CT molecular complexity index is 451. The van der Waals surface area contributed by atoms with E-state index in [4.69, 9.17) is 16.7 Å². The summed E-state index contributed by atoms with van der Waals surface area (Å²) in [6.07, 6.45) is 1.24. The minimum atomic E-state index is -0.584. The average molecular weight is 273 g/mol. The van der Waals surface area contributed by atoms with Crippen molar-refractivity contribution in [3.8, 4) is 0 Å². The monoisotopic (exact) mass is 272 g/mol. The van der Waals surface area contributed by atoms with Crippen molar-refractivity contribution in [1.29, 1.82) is 0 Å². The number of nitro benzene ring substituents is 1. The van der Waals surface area contributed by atoms with Gasteiger partial charge >= 0.3 is 0 Å². The molecule has 0 radical (unpaired) electrons. The molecule has 1 aromatic rings. The summed E-state index contributed by atoms with van der Waals surface area (Å²) in [6.45, 7) is 0.0184. The quantitative estimate of drug-likeness (QED) is 0.472. The van der Waals surface area contributed by atoms with Gasteiger partial charge in [-0.1, -0.05) is 11.6 Å². The molecule has 1 amide bonds. The number of nitro groups is 1. The van der Waals surface area contributed by atoms with E-state index in [9.17, 15) is 14.9 Å². The summed E-state index contributed by atoms with van der Waals surface area (Å²) in [7, 11) is 0. The third kappa shape index (κ3) is 4.31. The fourth-order valence-electron chi connectivity index (χ4n) is 1.38. The van der Waals surface area contributed by atoms with Gasteiger partial charge < -0.3 is 10.4 Å². The highest BCUT2D eigenvalue weighted by molar-refractivity contribution is 6.31. The third-order valence-corrected chi connectivity index (χ3v) is 2.48. The molecule has 0 aliphatic carbocycles. The Balaban J connectivity index is 2.73. The predicted molar refractivity (Wildman–Crippen MR) is 67.7 cm³/mol. The molecule has 0 aliphatic heterocycles. The molecule has 0 saturated carbocycles. The second-order valence-corrected chi connectivity index (χ2v) is 4.08. The lowest BCUT2D eigenvalue weighted by Gasteiger charge is -2.06. The zero-order valence-corrected chi connectivity index (χ0v) is 10.3. The first-order valence-electron chi connectivity index (χ1n) is 5.39. The molecule has 0 atom stereocenters. The Morgan fingerprint density at radius 2 is 2.17 bits per heavy atom. The lowest BCUT2D eigenvalue weighted by atomic mass is 10.2. The highest BCUT2D eigenvalue weighted by Crippen LogP contribution is 2.27. The molecule has 0 aliphatic rings. The van der Waals surface area contributed by atoms with Crippen LogP contribution < -0.4 is 5.32 Å². The zero-order chi connectivity index (χ0) is 13.5. The Labute approximate surface area is 109 Å². The van der Waals surface area contributed by atoms with Gasteiger partial charge in [0.25, 0.3) is 5.69 Å². The Morgan fingerprint density at radius 1 is 1.44 bits per heavy atom. The smallest absolute Gasteiger partial charge is 0.292 e. The van der Waals surface area contributed by atoms with Gasteiger partial charge in [-0.15, -0.1) is 0 Å². The zero-order valence-electron chi connectivity index (χ0n) is 9.56. The van der Waals surface area contributed by atoms with E-state index in [-0.39, 0.29) is 30.3 Å². The van der Waals surface area contributed by atoms with Crippen LogP contribution in [0.4, 0.5) is 11.4 Å². The van der Waals surface area contributed by atoms with Crippen molar-refractivity contribution in [2.24, 2.45) is 0 Å². The van der Waals surface area contributed by atoms with Crippen LogP contribution in [-0.4, -0.2) is 22.5 Å². The molecule has 0 saturated heterocycles. The molecule has 7 heteroatoms. The molecule has 0 unspecified atom stereocenters. The predicted octanol–water partition coefficient (Wildman–Crippen LogP) is 2.35. The maximum atomic E-state index is 11.5. The van der Waals surface area contributed by atoms with Gasteiger partial charge in [-0.05, 0) is 25.0 Å². The largest absolute Gasteiger partial charge is 0.396 e. The van der Waals surface area contributed by atoms with Crippen LogP contribution in [0.3, 0.4) is 0 Å². The van der Waals surface area contributed by atoms with Gasteiger partial charge in [0.2, 0.25) is 5.91 Å². The summed E-state index contributed by atoms with van der Waals surface area (Å²) >= 11 is 5.72. The summed E-state index contributed by atoms with van der Waals surface area (Å²) in [4.78, 5) is 21.7. The van der Waals surface area contributed by atoms with Gasteiger partial charge in [-0.25, -0.2) is 0 Å². The molecular formula is C11H13ClN2O4. The summed E-state index contributed by atoms with van der Waals surface area (Å²) < 4.78 is 0. The van der Waals surface area contributed by atoms with Crippen LogP contribution in [0.1, 0.15) is 19.3 Å². The normalized spacial score (nSPS) is 10.1. The maximum Gasteiger partial charge on any atom is 0.292 e. The number of nitrogens with zero attached hydrogens (tertiary/aromatic N) is 1. The molecule has 1 aromatic carbocycles. The fourth-order valence-corrected chi connectivity index (χ4v) is 1.55. The highest BCUT2D eigenvalue weighted by Gasteiger charge is 2.15. The summed E-state index contributed by atoms with van der Waals surface area (Å²) in [5, 5.41) is 22.1. The number of aliphatic hydroxyl groups is 1. The molecule has 98 valence electrons. The number of carbonyl (C=O) groups excluding carboxylic acids is 1. The first-order valence-corrected chi connectivity index (χ1v) is 5.77. The number of halogens is 1. The van der Waals surface area contributed by atoms with Crippen LogP contribution in [0.5, 0.6) is 0 Å². The molecule has 0 fully saturated rings. The van der Waals surface area contributed by atoms with E-state index in [2.05, 4.69) is 5.32 Å². The second-order valence-electron chi connectivity index (χ2n) is 3.65. The topological polar surface area (TPSA) is 92.5 Å². The van der Waals surface area contributed by atoms with Crippen LogP contribution in [0.15, 0.2) is 18.2 Å². The molecule has 0 spiro atoms. The van der Waals surface area contributed by atoms with Gasteiger partial charge in [0.1, 0.15) is 5.69 Å². The number of nitrogens with one attached hydrogen (secondary N) is 1. The number of benzene rings is 1. The molecule has 6 nitrogen and oxygen atoms in total. The van der Waals surface area contributed by atoms with Crippen molar-refractivity contribution in [3.05, 3.63) is 33.3 Å². The number of unbranched alkanes of at least 4 members (excludes halogenated alkanes) is 1. The van der Waals surface area contributed by atoms with Crippen molar-refractivity contribution in [1.82, 2.24) is 0 Å². The van der Waals surface area contributed by atoms with Crippen molar-refractivity contribution in [3.63, 3.8) is 0 Å². The molecule has 1 rings (SSSR count). The van der Waals surface area contributed by atoms with Crippen LogP contribution in [-0.2, 0) is 4.79 Å². The van der Waals surface area contributed by atoms with Crippen LogP contribution in [0.2, 0.25) is 5.02 Å². The van der Waals surface area contributed by atoms with Gasteiger partial charge in [-0.3, -0.25) is 14.9 Å². The minimum Gasteiger partial charge on any atom is -0.396 e. The van der Waals surface area contributed by atoms with Crippen LogP contribution in [0, 0.1) is 10.1 Å². The fraction of sp³-hybridized carbons (Fsp3) is 0.364. The van der Waals surface area contributed by atoms with Crippen molar-refractivity contribution in [2.45, 2.75) is 19.3 Å². The van der Waals surface area contributed by atoms with Gasteiger partial charge in [0, 0.05) is 24.1 Å². The second kappa shape index (κ2) is 6.93. The SMILES string of the molecule is O=C(CCCCO)Nc1cc(Cl)ccc1[N+](=O)[O-]. The number of anilines is 1. The van der Waals surface area contributed by atoms with E-state index in [0.29, 0.717) is 17.9 Å². The van der Waals surface area contributed by atoms with Crippen molar-refractivity contribution >= 4 is 28.9 Å². The summed E-state index contributed by atoms with van der Waals surface area (Å²) in [5.74, 6) is -0.339. The number of aliphatic hydroxyl groups excluding tert-OH is 1. The average Bonchev–Trinajstić information content (AvgIpc) is 2.29. The number of carbonyl (C=O) groups is 1. The van der Waals surface area contributed by atoms with E-state index in [0.717, 1.165) is 0 Å². The standard InChI is InChI=1S/C11H13ClN2O4/c12-8-4-5-10(14(17)18)9(7-8)13-11(16)3-1-2-6-15/h4-5,7,15H,1-3,6H2,(H,13,16). The lowest BCUT2D eigenvalue weighted by molar-refractivity contribution is -0.383. The van der Waals surface area contributed by atoms with E-state index in [1.165, 1.54) is 18.2 Å². The van der Waals surface area contributed by atoms with E-state index in [1.807, 2.05) is 0 Å². The number of hydrogen-bond acceptors (Lipinski definition) is 4. The van der Waals surface area contributed by atoms with Crippen LogP contribution >= 0.6 is 11.6 Å². The molecule has 18 heavy (non-hydrogen) atoms. The van der Waals surface area contributed by atoms with Crippen molar-refractivity contribution in [2.75, 3.05) is 11.9 Å². The first-order chi connectivity index (χ1) is 8.54.